The van der Waals surface area contributed by atoms with E-state index in [1.54, 1.807) is 22.3 Å². The first-order valence-corrected chi connectivity index (χ1v) is 22.6. The fourth-order valence-corrected chi connectivity index (χ4v) is 15.6. The van der Waals surface area contributed by atoms with Crippen LogP contribution in [-0.4, -0.2) is 0 Å². The second-order valence-electron chi connectivity index (χ2n) is 22.7. The van der Waals surface area contributed by atoms with Gasteiger partial charge in [-0.3, -0.25) is 0 Å². The maximum Gasteiger partial charge on any atom is 0.0502 e. The predicted octanol–water partition coefficient (Wildman–Crippen LogP) is 14.9. The molecule has 12 rings (SSSR count). The number of nitrogens with zero attached hydrogens (tertiary/aromatic N) is 1. The standard InChI is InChI=1S/C56H61N/c1-51(2)25-27-53(5,6)49-42(51)19-13-21-44(49)57(45-22-14-20-43-50(45)54(7,8)28-26-52(43,3)4)37-23-24-41-40(32-37)39-18-12-17-38(35-15-10-9-11-16-35)48(39)56(41)46-30-34-29-36-31-47(56)55(36,46)33-34/h9-24,32,34,36,46-47H,25-31,33H2,1-8H3. The van der Waals surface area contributed by atoms with Crippen LogP contribution in [0.5, 0.6) is 0 Å². The summed E-state index contributed by atoms with van der Waals surface area (Å²) in [5, 5.41) is 0. The minimum absolute atomic E-state index is 0.0596. The highest BCUT2D eigenvalue weighted by Gasteiger charge is 2.84. The fraction of sp³-hybridized carbons (Fsp3) is 0.464. The Balaban J connectivity index is 1.14. The third-order valence-electron chi connectivity index (χ3n) is 18.2. The minimum atomic E-state index is 0.0596. The SMILES string of the molecule is CC1(C)CCC(C)(C)c2c(N(c3ccc4c(c3)-c3cccc(-c5ccccc5)c3C43C4CC5CC6CC3C64C5)c3cccc4c3C(C)(C)CCC4(C)C)cccc21. The molecule has 0 amide bonds. The second kappa shape index (κ2) is 10.9. The molecule has 0 heterocycles. The van der Waals surface area contributed by atoms with Crippen LogP contribution in [0.4, 0.5) is 17.1 Å². The van der Waals surface area contributed by atoms with Gasteiger partial charge < -0.3 is 4.90 Å². The summed E-state index contributed by atoms with van der Waals surface area (Å²) in [4.78, 5) is 2.76. The number of anilines is 3. The summed E-state index contributed by atoms with van der Waals surface area (Å²) in [6, 6.07) is 41.2. The Morgan fingerprint density at radius 3 is 1.68 bits per heavy atom. The van der Waals surface area contributed by atoms with E-state index < -0.39 is 0 Å². The van der Waals surface area contributed by atoms with Crippen LogP contribution in [0.1, 0.15) is 140 Å². The zero-order valence-electron chi connectivity index (χ0n) is 35.7. The predicted molar refractivity (Wildman–Crippen MR) is 238 cm³/mol. The van der Waals surface area contributed by atoms with Crippen molar-refractivity contribution in [1.29, 1.82) is 0 Å². The van der Waals surface area contributed by atoms with Gasteiger partial charge in [-0.1, -0.05) is 134 Å². The van der Waals surface area contributed by atoms with Gasteiger partial charge in [-0.25, -0.2) is 0 Å². The van der Waals surface area contributed by atoms with Crippen LogP contribution < -0.4 is 4.90 Å². The molecule has 0 radical (unpaired) electrons. The average Bonchev–Trinajstić information content (AvgIpc) is 3.83. The Morgan fingerprint density at radius 1 is 0.474 bits per heavy atom. The zero-order chi connectivity index (χ0) is 39.1. The van der Waals surface area contributed by atoms with Crippen molar-refractivity contribution in [3.63, 3.8) is 0 Å². The number of fused-ring (bicyclic) bond motifs is 10. The van der Waals surface area contributed by atoms with Crippen molar-refractivity contribution in [1.82, 2.24) is 0 Å². The highest BCUT2D eigenvalue weighted by molar-refractivity contribution is 5.94. The van der Waals surface area contributed by atoms with Gasteiger partial charge in [0.25, 0.3) is 0 Å². The molecule has 1 nitrogen and oxygen atoms in total. The van der Waals surface area contributed by atoms with Crippen molar-refractivity contribution in [2.45, 2.75) is 134 Å². The number of hydrogen-bond donors (Lipinski definition) is 0. The Hall–Kier alpha value is -4.10. The summed E-state index contributed by atoms with van der Waals surface area (Å²) in [5.41, 5.74) is 20.5. The molecule has 4 fully saturated rings. The highest BCUT2D eigenvalue weighted by Crippen LogP contribution is 2.90. The van der Waals surface area contributed by atoms with Gasteiger partial charge in [-0.05, 0) is 182 Å². The normalized spacial score (nSPS) is 31.6. The van der Waals surface area contributed by atoms with Crippen LogP contribution in [0, 0.1) is 29.1 Å². The molecule has 0 aromatic heterocycles. The monoisotopic (exact) mass is 747 g/mol. The zero-order valence-corrected chi connectivity index (χ0v) is 35.7. The lowest BCUT2D eigenvalue weighted by Crippen LogP contribution is -2.73. The first-order valence-electron chi connectivity index (χ1n) is 22.6. The van der Waals surface area contributed by atoms with Crippen LogP contribution >= 0.6 is 0 Å². The molecule has 5 aromatic carbocycles. The van der Waals surface area contributed by atoms with Crippen molar-refractivity contribution in [2.75, 3.05) is 4.90 Å². The van der Waals surface area contributed by atoms with Crippen LogP contribution in [0.25, 0.3) is 22.3 Å². The van der Waals surface area contributed by atoms with Gasteiger partial charge in [0.1, 0.15) is 0 Å². The number of rotatable bonds is 4. The van der Waals surface area contributed by atoms with Crippen LogP contribution in [-0.2, 0) is 27.1 Å². The first-order chi connectivity index (χ1) is 27.2. The minimum Gasteiger partial charge on any atom is -0.310 e. The van der Waals surface area contributed by atoms with Crippen LogP contribution in [0.2, 0.25) is 0 Å². The van der Waals surface area contributed by atoms with E-state index in [1.165, 1.54) is 102 Å². The summed E-state index contributed by atoms with van der Waals surface area (Å²) in [6.45, 7) is 20.0. The van der Waals surface area contributed by atoms with Gasteiger partial charge in [0.15, 0.2) is 0 Å². The summed E-state index contributed by atoms with van der Waals surface area (Å²) in [5.74, 6) is 3.45. The molecule has 0 aliphatic heterocycles. The molecule has 6 unspecified atom stereocenters. The van der Waals surface area contributed by atoms with Crippen LogP contribution in [0.3, 0.4) is 0 Å². The highest BCUT2D eigenvalue weighted by atomic mass is 15.2. The molecule has 2 bridgehead atoms. The topological polar surface area (TPSA) is 3.24 Å². The van der Waals surface area contributed by atoms with E-state index in [9.17, 15) is 0 Å². The maximum atomic E-state index is 2.76. The summed E-state index contributed by atoms with van der Waals surface area (Å²) < 4.78 is 0. The molecule has 0 N–H and O–H groups in total. The smallest absolute Gasteiger partial charge is 0.0502 e. The quantitative estimate of drug-likeness (QED) is 0.177. The van der Waals surface area contributed by atoms with E-state index in [0.717, 1.165) is 23.7 Å². The van der Waals surface area contributed by atoms with Gasteiger partial charge >= 0.3 is 0 Å². The molecule has 7 aliphatic carbocycles. The third kappa shape index (κ3) is 4.18. The maximum absolute atomic E-state index is 2.76. The Labute approximate surface area is 342 Å². The molecule has 7 aliphatic rings. The largest absolute Gasteiger partial charge is 0.310 e. The number of benzene rings is 5. The molecule has 57 heavy (non-hydrogen) atoms. The Kier molecular flexibility index (Phi) is 6.69. The molecule has 4 saturated carbocycles. The molecule has 0 saturated heterocycles. The van der Waals surface area contributed by atoms with E-state index in [-0.39, 0.29) is 27.1 Å². The van der Waals surface area contributed by atoms with Gasteiger partial charge in [-0.15, -0.1) is 0 Å². The van der Waals surface area contributed by atoms with Crippen molar-refractivity contribution < 1.29 is 0 Å². The summed E-state index contributed by atoms with van der Waals surface area (Å²) in [7, 11) is 0. The van der Waals surface area contributed by atoms with Crippen molar-refractivity contribution >= 4 is 17.1 Å². The van der Waals surface area contributed by atoms with E-state index in [4.69, 9.17) is 0 Å². The summed E-state index contributed by atoms with van der Waals surface area (Å²) in [6.07, 6.45) is 10.7. The van der Waals surface area contributed by atoms with E-state index in [0.29, 0.717) is 5.41 Å². The van der Waals surface area contributed by atoms with Gasteiger partial charge in [0.05, 0.1) is 11.4 Å². The van der Waals surface area contributed by atoms with E-state index in [1.807, 2.05) is 0 Å². The molecule has 6 atom stereocenters. The lowest BCUT2D eigenvalue weighted by Gasteiger charge is -2.76. The third-order valence-corrected chi connectivity index (χ3v) is 18.2. The van der Waals surface area contributed by atoms with Crippen molar-refractivity contribution in [2.24, 2.45) is 29.1 Å². The molecular formula is C56H61N. The van der Waals surface area contributed by atoms with E-state index >= 15 is 0 Å². The molecule has 290 valence electrons. The lowest BCUT2D eigenvalue weighted by atomic mass is 9.26. The van der Waals surface area contributed by atoms with Gasteiger partial charge in [-0.2, -0.15) is 0 Å². The lowest BCUT2D eigenvalue weighted by molar-refractivity contribution is -0.231. The fourth-order valence-electron chi connectivity index (χ4n) is 15.6. The Morgan fingerprint density at radius 2 is 1.05 bits per heavy atom. The van der Waals surface area contributed by atoms with Gasteiger partial charge in [0, 0.05) is 11.1 Å². The van der Waals surface area contributed by atoms with Crippen molar-refractivity contribution in [3.05, 3.63) is 137 Å². The molecule has 5 aromatic rings. The molecular weight excluding hydrogens is 687 g/mol. The van der Waals surface area contributed by atoms with Crippen LogP contribution in [0.15, 0.2) is 103 Å². The first kappa shape index (κ1) is 34.9. The average molecular weight is 748 g/mol. The molecule has 1 heteroatoms. The number of hydrogen-bond acceptors (Lipinski definition) is 1. The summed E-state index contributed by atoms with van der Waals surface area (Å²) >= 11 is 0. The Bertz CT molecular complexity index is 2450. The molecule has 2 spiro atoms. The van der Waals surface area contributed by atoms with Gasteiger partial charge in [0.2, 0.25) is 0 Å². The van der Waals surface area contributed by atoms with Crippen molar-refractivity contribution in [3.8, 4) is 22.3 Å². The van der Waals surface area contributed by atoms with E-state index in [2.05, 4.69) is 163 Å². The second-order valence-corrected chi connectivity index (χ2v) is 22.7.